The van der Waals surface area contributed by atoms with Crippen LogP contribution in [0.25, 0.3) is 5.57 Å². The molecule has 1 aliphatic heterocycles. The van der Waals surface area contributed by atoms with Crippen molar-refractivity contribution >= 4 is 21.2 Å². The molecule has 0 radical (unpaired) electrons. The molecule has 0 amide bonds. The Morgan fingerprint density at radius 2 is 1.89 bits per heavy atom. The molecule has 0 N–H and O–H groups in total. The molecule has 0 fully saturated rings. The second-order valence-electron chi connectivity index (χ2n) is 4.28. The van der Waals surface area contributed by atoms with Crippen molar-refractivity contribution in [2.24, 2.45) is 0 Å². The zero-order chi connectivity index (χ0) is 14.4. The fourth-order valence-corrected chi connectivity index (χ4v) is 3.43. The lowest BCUT2D eigenvalue weighted by Gasteiger charge is -2.09. The summed E-state index contributed by atoms with van der Waals surface area (Å²) in [4.78, 5) is 10.6. The van der Waals surface area contributed by atoms with Crippen LogP contribution in [0.2, 0.25) is 0 Å². The molecule has 0 saturated heterocycles. The number of carbonyl (C=O) groups is 1. The molecule has 19 heavy (non-hydrogen) atoms. The average molecular weight is 290 g/mol. The Morgan fingerprint density at radius 3 is 2.42 bits per heavy atom. The van der Waals surface area contributed by atoms with Gasteiger partial charge in [0.2, 0.25) is 9.84 Å². The maximum absolute atomic E-state index is 12.5. The second-order valence-corrected chi connectivity index (χ2v) is 6.04. The number of rotatable bonds is 2. The number of fused-ring (bicyclic) bond motifs is 1. The Hall–Kier alpha value is -1.63. The van der Waals surface area contributed by atoms with Gasteiger partial charge in [-0.25, -0.2) is 8.42 Å². The van der Waals surface area contributed by atoms with Gasteiger partial charge in [0.15, 0.2) is 0 Å². The molecule has 0 unspecified atom stereocenters. The predicted molar refractivity (Wildman–Crippen MR) is 61.9 cm³/mol. The van der Waals surface area contributed by atoms with Crippen molar-refractivity contribution in [2.75, 3.05) is 0 Å². The van der Waals surface area contributed by atoms with E-state index in [1.807, 2.05) is 0 Å². The minimum Gasteiger partial charge on any atom is -0.300 e. The Morgan fingerprint density at radius 1 is 1.26 bits per heavy atom. The minimum atomic E-state index is -4.60. The first kappa shape index (κ1) is 13.8. The van der Waals surface area contributed by atoms with E-state index in [9.17, 15) is 26.4 Å². The van der Waals surface area contributed by atoms with Crippen LogP contribution < -0.4 is 0 Å². The van der Waals surface area contributed by atoms with Gasteiger partial charge in [0.1, 0.15) is 5.78 Å². The van der Waals surface area contributed by atoms with Gasteiger partial charge in [0.25, 0.3) is 0 Å². The van der Waals surface area contributed by atoms with E-state index in [1.165, 1.54) is 6.92 Å². The molecule has 2 rings (SSSR count). The second kappa shape index (κ2) is 4.19. The number of allylic oxidation sites excluding steroid dienone is 1. The van der Waals surface area contributed by atoms with Crippen molar-refractivity contribution in [1.29, 1.82) is 0 Å². The zero-order valence-electron chi connectivity index (χ0n) is 9.78. The normalized spacial score (nSPS) is 16.9. The predicted octanol–water partition coefficient (Wildman–Crippen LogP) is 2.81. The molecule has 0 saturated carbocycles. The number of hydrogen-bond acceptors (Lipinski definition) is 3. The van der Waals surface area contributed by atoms with Gasteiger partial charge in [-0.1, -0.05) is 6.07 Å². The van der Waals surface area contributed by atoms with Crippen LogP contribution in [-0.2, 0) is 20.8 Å². The van der Waals surface area contributed by atoms with Crippen molar-refractivity contribution in [2.45, 2.75) is 24.4 Å². The number of alkyl halides is 3. The molecule has 0 aromatic heterocycles. The molecule has 0 atom stereocenters. The molecular formula is C12H9F3O3S. The Kier molecular flexibility index (Phi) is 3.04. The summed E-state index contributed by atoms with van der Waals surface area (Å²) in [5, 5.41) is 0.860. The van der Waals surface area contributed by atoms with Crippen molar-refractivity contribution in [3.8, 4) is 0 Å². The number of halogens is 3. The number of benzene rings is 1. The van der Waals surface area contributed by atoms with Crippen molar-refractivity contribution in [3.05, 3.63) is 34.7 Å². The number of hydrogen-bond donors (Lipinski definition) is 0. The summed E-state index contributed by atoms with van der Waals surface area (Å²) in [5.41, 5.74) is -0.619. The summed E-state index contributed by atoms with van der Waals surface area (Å²) in [6, 6.07) is 2.51. The minimum absolute atomic E-state index is 0.113. The van der Waals surface area contributed by atoms with E-state index in [4.69, 9.17) is 0 Å². The van der Waals surface area contributed by atoms with Gasteiger partial charge in [-0.3, -0.25) is 4.79 Å². The summed E-state index contributed by atoms with van der Waals surface area (Å²) in [5.74, 6) is -0.255. The van der Waals surface area contributed by atoms with Gasteiger partial charge < -0.3 is 0 Å². The van der Waals surface area contributed by atoms with Gasteiger partial charge in [-0.15, -0.1) is 0 Å². The van der Waals surface area contributed by atoms with Gasteiger partial charge in [0, 0.05) is 11.8 Å². The van der Waals surface area contributed by atoms with E-state index in [1.54, 1.807) is 0 Å². The average Bonchev–Trinajstić information content (AvgIpc) is 2.48. The Bertz CT molecular complexity index is 685. The first-order valence-electron chi connectivity index (χ1n) is 5.28. The third kappa shape index (κ3) is 2.56. The summed E-state index contributed by atoms with van der Waals surface area (Å²) < 4.78 is 61.2. The molecule has 0 bridgehead atoms. The van der Waals surface area contributed by atoms with Gasteiger partial charge in [0.05, 0.1) is 10.5 Å². The van der Waals surface area contributed by atoms with Gasteiger partial charge in [-0.2, -0.15) is 13.2 Å². The van der Waals surface area contributed by atoms with Crippen LogP contribution in [0, 0.1) is 0 Å². The quantitative estimate of drug-likeness (QED) is 0.841. The fourth-order valence-electron chi connectivity index (χ4n) is 1.92. The van der Waals surface area contributed by atoms with E-state index >= 15 is 0 Å². The molecule has 3 nitrogen and oxygen atoms in total. The van der Waals surface area contributed by atoms with E-state index in [0.717, 1.165) is 17.5 Å². The van der Waals surface area contributed by atoms with E-state index in [-0.39, 0.29) is 23.3 Å². The van der Waals surface area contributed by atoms with E-state index in [2.05, 4.69) is 0 Å². The topological polar surface area (TPSA) is 51.2 Å². The van der Waals surface area contributed by atoms with Crippen LogP contribution in [0.15, 0.2) is 28.5 Å². The molecule has 1 aromatic rings. The molecule has 1 aromatic carbocycles. The highest BCUT2D eigenvalue weighted by Crippen LogP contribution is 2.39. The summed E-state index contributed by atoms with van der Waals surface area (Å²) in [7, 11) is -3.90. The van der Waals surface area contributed by atoms with Crippen LogP contribution in [0.4, 0.5) is 13.2 Å². The molecule has 0 spiro atoms. The van der Waals surface area contributed by atoms with Crippen LogP contribution in [0.5, 0.6) is 0 Å². The van der Waals surface area contributed by atoms with Crippen LogP contribution in [0.3, 0.4) is 0 Å². The van der Waals surface area contributed by atoms with Crippen LogP contribution in [0.1, 0.15) is 24.5 Å². The Balaban J connectivity index is 2.58. The first-order chi connectivity index (χ1) is 8.61. The summed E-state index contributed by atoms with van der Waals surface area (Å²) in [6.07, 6.45) is -4.72. The van der Waals surface area contributed by atoms with Crippen molar-refractivity contribution in [3.63, 3.8) is 0 Å². The van der Waals surface area contributed by atoms with Crippen LogP contribution >= 0.6 is 0 Å². The molecule has 7 heteroatoms. The summed E-state index contributed by atoms with van der Waals surface area (Å²) >= 11 is 0. The lowest BCUT2D eigenvalue weighted by Crippen LogP contribution is -2.06. The summed E-state index contributed by atoms with van der Waals surface area (Å²) in [6.45, 7) is 1.29. The lowest BCUT2D eigenvalue weighted by molar-refractivity contribution is -0.137. The monoisotopic (exact) mass is 290 g/mol. The fraction of sp³-hybridized carbons (Fsp3) is 0.250. The molecule has 1 aliphatic rings. The van der Waals surface area contributed by atoms with E-state index in [0.29, 0.717) is 6.07 Å². The zero-order valence-corrected chi connectivity index (χ0v) is 10.6. The van der Waals surface area contributed by atoms with Crippen LogP contribution in [-0.4, -0.2) is 14.2 Å². The number of Topliss-reactive ketones (excluding diaryl/α,β-unsaturated/α-hetero) is 1. The molecule has 0 aliphatic carbocycles. The third-order valence-electron chi connectivity index (χ3n) is 2.70. The smallest absolute Gasteiger partial charge is 0.300 e. The number of ketones is 1. The molecule has 102 valence electrons. The molecule has 1 heterocycles. The standard InChI is InChI=1S/C12H9F3O3S/c1-7(16)4-8-6-19(17,18)11-5-9(12(13,14)15)2-3-10(8)11/h2-3,5-6H,4H2,1H3. The van der Waals surface area contributed by atoms with E-state index < -0.39 is 26.5 Å². The number of carbonyl (C=O) groups excluding carboxylic acids is 1. The Labute approximate surface area is 107 Å². The first-order valence-corrected chi connectivity index (χ1v) is 6.82. The highest BCUT2D eigenvalue weighted by Gasteiger charge is 2.35. The highest BCUT2D eigenvalue weighted by molar-refractivity contribution is 7.95. The third-order valence-corrected chi connectivity index (χ3v) is 4.24. The SMILES string of the molecule is CC(=O)CC1=CS(=O)(=O)c2cc(C(F)(F)F)ccc21. The number of sulfone groups is 1. The highest BCUT2D eigenvalue weighted by atomic mass is 32.2. The van der Waals surface area contributed by atoms with Crippen molar-refractivity contribution < 1.29 is 26.4 Å². The van der Waals surface area contributed by atoms with Gasteiger partial charge >= 0.3 is 6.18 Å². The van der Waals surface area contributed by atoms with Crippen molar-refractivity contribution in [1.82, 2.24) is 0 Å². The maximum atomic E-state index is 12.5. The largest absolute Gasteiger partial charge is 0.416 e. The lowest BCUT2D eigenvalue weighted by atomic mass is 10.0. The maximum Gasteiger partial charge on any atom is 0.416 e. The van der Waals surface area contributed by atoms with Gasteiger partial charge in [-0.05, 0) is 30.2 Å². The molecular weight excluding hydrogens is 281 g/mol.